The lowest BCUT2D eigenvalue weighted by atomic mass is 10.3. The van der Waals surface area contributed by atoms with E-state index in [0.29, 0.717) is 6.54 Å². The fraction of sp³-hybridized carbons (Fsp3) is 0.462. The van der Waals surface area contributed by atoms with E-state index in [0.717, 1.165) is 18.9 Å². The zero-order valence-corrected chi connectivity index (χ0v) is 11.1. The van der Waals surface area contributed by atoms with E-state index in [-0.39, 0.29) is 35.9 Å². The third-order valence-electron chi connectivity index (χ3n) is 2.89. The Morgan fingerprint density at radius 1 is 1.53 bits per heavy atom. The molecule has 1 amide bonds. The van der Waals surface area contributed by atoms with Gasteiger partial charge in [0.15, 0.2) is 6.61 Å². The molecule has 2 rings (SSSR count). The molecule has 6 heteroatoms. The van der Waals surface area contributed by atoms with Crippen molar-refractivity contribution >= 4 is 17.5 Å². The van der Waals surface area contributed by atoms with Gasteiger partial charge in [-0.15, -0.1) is 0 Å². The Morgan fingerprint density at radius 2 is 2.26 bits per heavy atom. The van der Waals surface area contributed by atoms with Crippen LogP contribution in [-0.2, 0) is 4.79 Å². The molecule has 0 aromatic heterocycles. The summed E-state index contributed by atoms with van der Waals surface area (Å²) < 4.78 is 18.1. The minimum absolute atomic E-state index is 0.0699. The van der Waals surface area contributed by atoms with E-state index in [1.54, 1.807) is 4.90 Å². The number of benzene rings is 1. The quantitative estimate of drug-likeness (QED) is 0.868. The number of aliphatic hydroxyl groups excluding tert-OH is 1. The van der Waals surface area contributed by atoms with Gasteiger partial charge in [0.2, 0.25) is 0 Å². The molecule has 1 fully saturated rings. The second kappa shape index (κ2) is 6.21. The molecule has 0 radical (unpaired) electrons. The molecule has 0 aliphatic heterocycles. The highest BCUT2D eigenvalue weighted by atomic mass is 35.5. The molecule has 1 N–H and O–H groups in total. The highest BCUT2D eigenvalue weighted by Crippen LogP contribution is 2.28. The van der Waals surface area contributed by atoms with Crippen LogP contribution in [-0.4, -0.2) is 41.7 Å². The molecule has 1 saturated carbocycles. The maximum absolute atomic E-state index is 12.8. The highest BCUT2D eigenvalue weighted by molar-refractivity contribution is 6.32. The largest absolute Gasteiger partial charge is 0.482 e. The molecule has 0 saturated heterocycles. The van der Waals surface area contributed by atoms with Crippen molar-refractivity contribution < 1.29 is 19.0 Å². The molecule has 0 spiro atoms. The average molecular weight is 288 g/mol. The van der Waals surface area contributed by atoms with E-state index in [1.165, 1.54) is 12.1 Å². The van der Waals surface area contributed by atoms with Gasteiger partial charge >= 0.3 is 0 Å². The normalized spacial score (nSPS) is 14.3. The summed E-state index contributed by atoms with van der Waals surface area (Å²) in [6.45, 7) is 0.0748. The van der Waals surface area contributed by atoms with E-state index in [2.05, 4.69) is 0 Å². The van der Waals surface area contributed by atoms with Gasteiger partial charge in [-0.05, 0) is 31.0 Å². The summed E-state index contributed by atoms with van der Waals surface area (Å²) in [4.78, 5) is 13.5. The lowest BCUT2D eigenvalue weighted by Crippen LogP contribution is -2.38. The van der Waals surface area contributed by atoms with E-state index in [4.69, 9.17) is 21.4 Å². The molecule has 1 aromatic rings. The van der Waals surface area contributed by atoms with Gasteiger partial charge in [0.1, 0.15) is 11.6 Å². The first-order chi connectivity index (χ1) is 9.11. The summed E-state index contributed by atoms with van der Waals surface area (Å²) in [5.41, 5.74) is 0. The number of hydrogen-bond acceptors (Lipinski definition) is 3. The van der Waals surface area contributed by atoms with Gasteiger partial charge in [0, 0.05) is 12.6 Å². The zero-order valence-electron chi connectivity index (χ0n) is 10.3. The Bertz CT molecular complexity index is 465. The number of carbonyl (C=O) groups excluding carboxylic acids is 1. The topological polar surface area (TPSA) is 49.8 Å². The predicted octanol–water partition coefficient (Wildman–Crippen LogP) is 1.84. The van der Waals surface area contributed by atoms with E-state index >= 15 is 0 Å². The summed E-state index contributed by atoms with van der Waals surface area (Å²) in [5.74, 6) is -0.378. The molecular weight excluding hydrogens is 273 g/mol. The van der Waals surface area contributed by atoms with E-state index in [9.17, 15) is 9.18 Å². The third kappa shape index (κ3) is 3.81. The molecule has 1 aliphatic carbocycles. The van der Waals surface area contributed by atoms with E-state index in [1.807, 2.05) is 0 Å². The third-order valence-corrected chi connectivity index (χ3v) is 3.19. The summed E-state index contributed by atoms with van der Waals surface area (Å²) >= 11 is 5.80. The van der Waals surface area contributed by atoms with Crippen LogP contribution in [0.1, 0.15) is 12.8 Å². The van der Waals surface area contributed by atoms with Gasteiger partial charge in [0.25, 0.3) is 5.91 Å². The number of nitrogens with zero attached hydrogens (tertiary/aromatic N) is 1. The van der Waals surface area contributed by atoms with Gasteiger partial charge < -0.3 is 14.7 Å². The number of amides is 1. The molecule has 19 heavy (non-hydrogen) atoms. The Hall–Kier alpha value is -1.33. The van der Waals surface area contributed by atoms with Crippen molar-refractivity contribution in [3.05, 3.63) is 29.0 Å². The number of ether oxygens (including phenoxy) is 1. The van der Waals surface area contributed by atoms with Crippen LogP contribution in [0.15, 0.2) is 18.2 Å². The minimum atomic E-state index is -0.455. The Morgan fingerprint density at radius 3 is 2.84 bits per heavy atom. The van der Waals surface area contributed by atoms with Gasteiger partial charge in [-0.3, -0.25) is 4.79 Å². The molecule has 0 heterocycles. The number of hydrogen-bond donors (Lipinski definition) is 1. The molecule has 104 valence electrons. The number of rotatable bonds is 6. The summed E-state index contributed by atoms with van der Waals surface area (Å²) in [7, 11) is 0. The van der Waals surface area contributed by atoms with Crippen molar-refractivity contribution in [1.29, 1.82) is 0 Å². The molecule has 0 unspecified atom stereocenters. The van der Waals surface area contributed by atoms with Crippen LogP contribution in [0.2, 0.25) is 5.02 Å². The first-order valence-electron chi connectivity index (χ1n) is 6.10. The maximum Gasteiger partial charge on any atom is 0.260 e. The van der Waals surface area contributed by atoms with Crippen LogP contribution in [0, 0.1) is 5.82 Å². The van der Waals surface area contributed by atoms with Crippen LogP contribution in [0.5, 0.6) is 5.75 Å². The van der Waals surface area contributed by atoms with Crippen LogP contribution < -0.4 is 4.74 Å². The van der Waals surface area contributed by atoms with Gasteiger partial charge in [-0.25, -0.2) is 4.39 Å². The highest BCUT2D eigenvalue weighted by Gasteiger charge is 2.32. The second-order valence-electron chi connectivity index (χ2n) is 4.41. The van der Waals surface area contributed by atoms with Gasteiger partial charge in [0.05, 0.1) is 11.6 Å². The van der Waals surface area contributed by atoms with Crippen LogP contribution >= 0.6 is 11.6 Å². The minimum Gasteiger partial charge on any atom is -0.482 e. The first-order valence-corrected chi connectivity index (χ1v) is 6.48. The fourth-order valence-corrected chi connectivity index (χ4v) is 2.04. The zero-order chi connectivity index (χ0) is 13.8. The smallest absolute Gasteiger partial charge is 0.260 e. The summed E-state index contributed by atoms with van der Waals surface area (Å²) in [6.07, 6.45) is 1.92. The van der Waals surface area contributed by atoms with Crippen LogP contribution in [0.3, 0.4) is 0 Å². The van der Waals surface area contributed by atoms with Crippen molar-refractivity contribution in [2.75, 3.05) is 19.8 Å². The molecular formula is C13H15ClFNO3. The van der Waals surface area contributed by atoms with Crippen LogP contribution in [0.4, 0.5) is 4.39 Å². The number of carbonyl (C=O) groups is 1. The van der Waals surface area contributed by atoms with Crippen molar-refractivity contribution in [3.8, 4) is 5.75 Å². The molecule has 0 atom stereocenters. The van der Waals surface area contributed by atoms with Crippen molar-refractivity contribution in [1.82, 2.24) is 4.90 Å². The van der Waals surface area contributed by atoms with Crippen molar-refractivity contribution in [2.24, 2.45) is 0 Å². The molecule has 0 bridgehead atoms. The second-order valence-corrected chi connectivity index (χ2v) is 4.81. The lowest BCUT2D eigenvalue weighted by Gasteiger charge is -2.21. The predicted molar refractivity (Wildman–Crippen MR) is 68.7 cm³/mol. The van der Waals surface area contributed by atoms with Crippen molar-refractivity contribution in [3.63, 3.8) is 0 Å². The Balaban J connectivity index is 1.91. The van der Waals surface area contributed by atoms with Crippen molar-refractivity contribution in [2.45, 2.75) is 18.9 Å². The monoisotopic (exact) mass is 287 g/mol. The average Bonchev–Trinajstić information content (AvgIpc) is 3.18. The number of aliphatic hydroxyl groups is 1. The van der Waals surface area contributed by atoms with Gasteiger partial charge in [-0.1, -0.05) is 11.6 Å². The maximum atomic E-state index is 12.8. The Kier molecular flexibility index (Phi) is 4.61. The number of halogens is 2. The molecule has 4 nitrogen and oxygen atoms in total. The Labute approximate surface area is 115 Å². The van der Waals surface area contributed by atoms with Crippen LogP contribution in [0.25, 0.3) is 0 Å². The molecule has 1 aromatic carbocycles. The summed E-state index contributed by atoms with van der Waals surface area (Å²) in [6, 6.07) is 3.96. The van der Waals surface area contributed by atoms with E-state index < -0.39 is 5.82 Å². The lowest BCUT2D eigenvalue weighted by molar-refractivity contribution is -0.134. The standard InChI is InChI=1S/C13H15ClFNO3/c14-11-7-9(15)1-4-12(11)19-8-13(18)16(5-6-17)10-2-3-10/h1,4,7,10,17H,2-3,5-6,8H2. The fourth-order valence-electron chi connectivity index (χ4n) is 1.82. The molecule has 1 aliphatic rings. The summed E-state index contributed by atoms with van der Waals surface area (Å²) in [5, 5.41) is 9.06. The van der Waals surface area contributed by atoms with Gasteiger partial charge in [-0.2, -0.15) is 0 Å². The first kappa shape index (κ1) is 14.1. The SMILES string of the molecule is O=C(COc1ccc(F)cc1Cl)N(CCO)C1CC1.